The lowest BCUT2D eigenvalue weighted by atomic mass is 10.2. The zero-order valence-corrected chi connectivity index (χ0v) is 11.1. The number of hydrogen-bond acceptors (Lipinski definition) is 6. The Bertz CT molecular complexity index is 569. The average molecular weight is 271 g/mol. The Morgan fingerprint density at radius 1 is 1.25 bits per heavy atom. The second kappa shape index (κ2) is 5.73. The first-order chi connectivity index (χ1) is 9.83. The van der Waals surface area contributed by atoms with Gasteiger partial charge in [-0.25, -0.2) is 4.98 Å². The van der Waals surface area contributed by atoms with Gasteiger partial charge >= 0.3 is 0 Å². The zero-order valence-electron chi connectivity index (χ0n) is 11.1. The smallest absolute Gasteiger partial charge is 0.248 e. The predicted molar refractivity (Wildman–Crippen MR) is 76.6 cm³/mol. The summed E-state index contributed by atoms with van der Waals surface area (Å²) in [6.45, 7) is 0. The van der Waals surface area contributed by atoms with Gasteiger partial charge in [0.25, 0.3) is 0 Å². The molecule has 6 heteroatoms. The van der Waals surface area contributed by atoms with E-state index >= 15 is 0 Å². The van der Waals surface area contributed by atoms with Crippen LogP contribution in [-0.4, -0.2) is 21.0 Å². The van der Waals surface area contributed by atoms with Crippen molar-refractivity contribution in [3.05, 3.63) is 30.9 Å². The van der Waals surface area contributed by atoms with E-state index in [1.54, 1.807) is 24.5 Å². The number of anilines is 2. The van der Waals surface area contributed by atoms with Crippen molar-refractivity contribution < 1.29 is 4.74 Å². The molecule has 2 heterocycles. The maximum absolute atomic E-state index is 6.08. The highest BCUT2D eigenvalue weighted by atomic mass is 16.5. The standard InChI is InChI=1S/C14H17N5O/c15-12-13(19-10-4-1-2-5-10)17-9-18-14(12)20-11-6-3-7-16-8-11/h3,6-10H,1-2,4-5,15H2,(H,17,18,19). The maximum atomic E-state index is 6.08. The van der Waals surface area contributed by atoms with Crippen molar-refractivity contribution >= 4 is 11.5 Å². The van der Waals surface area contributed by atoms with Crippen LogP contribution in [-0.2, 0) is 0 Å². The van der Waals surface area contributed by atoms with Crippen LogP contribution in [0.1, 0.15) is 25.7 Å². The van der Waals surface area contributed by atoms with E-state index in [0.717, 1.165) is 12.8 Å². The van der Waals surface area contributed by atoms with Gasteiger partial charge in [0.2, 0.25) is 5.88 Å². The summed E-state index contributed by atoms with van der Waals surface area (Å²) in [6, 6.07) is 4.04. The van der Waals surface area contributed by atoms with Crippen LogP contribution in [0.25, 0.3) is 0 Å². The van der Waals surface area contributed by atoms with Gasteiger partial charge < -0.3 is 15.8 Å². The third-order valence-corrected chi connectivity index (χ3v) is 3.39. The molecule has 0 spiro atoms. The van der Waals surface area contributed by atoms with E-state index in [0.29, 0.717) is 29.2 Å². The molecule has 0 unspecified atom stereocenters. The molecule has 0 aromatic carbocycles. The molecule has 1 fully saturated rings. The summed E-state index contributed by atoms with van der Waals surface area (Å²) in [7, 11) is 0. The van der Waals surface area contributed by atoms with Crippen LogP contribution < -0.4 is 15.8 Å². The van der Waals surface area contributed by atoms with E-state index in [9.17, 15) is 0 Å². The molecule has 104 valence electrons. The normalized spacial score (nSPS) is 15.2. The lowest BCUT2D eigenvalue weighted by molar-refractivity contribution is 0.462. The number of nitrogens with zero attached hydrogens (tertiary/aromatic N) is 3. The molecule has 0 atom stereocenters. The summed E-state index contributed by atoms with van der Waals surface area (Å²) in [4.78, 5) is 12.3. The van der Waals surface area contributed by atoms with Crippen molar-refractivity contribution in [2.45, 2.75) is 31.7 Å². The highest BCUT2D eigenvalue weighted by Gasteiger charge is 2.18. The Morgan fingerprint density at radius 3 is 2.85 bits per heavy atom. The first-order valence-electron chi connectivity index (χ1n) is 6.78. The number of nitrogens with two attached hydrogens (primary N) is 1. The molecule has 0 aliphatic heterocycles. The number of rotatable bonds is 4. The van der Waals surface area contributed by atoms with Crippen LogP contribution in [0, 0.1) is 0 Å². The second-order valence-corrected chi connectivity index (χ2v) is 4.86. The Kier molecular flexibility index (Phi) is 3.62. The number of pyridine rings is 1. The molecule has 0 saturated heterocycles. The zero-order chi connectivity index (χ0) is 13.8. The fraction of sp³-hybridized carbons (Fsp3) is 0.357. The molecule has 0 bridgehead atoms. The van der Waals surface area contributed by atoms with E-state index in [-0.39, 0.29) is 0 Å². The van der Waals surface area contributed by atoms with Gasteiger partial charge in [0, 0.05) is 12.2 Å². The van der Waals surface area contributed by atoms with Gasteiger partial charge in [0.05, 0.1) is 6.20 Å². The van der Waals surface area contributed by atoms with Crippen LogP contribution >= 0.6 is 0 Å². The monoisotopic (exact) mass is 271 g/mol. The third-order valence-electron chi connectivity index (χ3n) is 3.39. The molecule has 3 N–H and O–H groups in total. The molecular weight excluding hydrogens is 254 g/mol. The summed E-state index contributed by atoms with van der Waals surface area (Å²) in [6.07, 6.45) is 9.57. The van der Waals surface area contributed by atoms with E-state index in [1.165, 1.54) is 19.2 Å². The molecule has 0 amide bonds. The van der Waals surface area contributed by atoms with E-state index < -0.39 is 0 Å². The number of hydrogen-bond donors (Lipinski definition) is 2. The quantitative estimate of drug-likeness (QED) is 0.889. The lowest BCUT2D eigenvalue weighted by Crippen LogP contribution is -2.17. The van der Waals surface area contributed by atoms with Gasteiger partial charge in [-0.2, -0.15) is 4.98 Å². The van der Waals surface area contributed by atoms with E-state index in [1.807, 2.05) is 0 Å². The van der Waals surface area contributed by atoms with Crippen LogP contribution in [0.5, 0.6) is 11.6 Å². The summed E-state index contributed by atoms with van der Waals surface area (Å²) in [5, 5.41) is 3.36. The lowest BCUT2D eigenvalue weighted by Gasteiger charge is -2.15. The second-order valence-electron chi connectivity index (χ2n) is 4.86. The Balaban J connectivity index is 1.78. The van der Waals surface area contributed by atoms with Crippen LogP contribution in [0.3, 0.4) is 0 Å². The van der Waals surface area contributed by atoms with Crippen LogP contribution in [0.15, 0.2) is 30.9 Å². The SMILES string of the molecule is Nc1c(NC2CCCC2)ncnc1Oc1cccnc1. The average Bonchev–Trinajstić information content (AvgIpc) is 2.97. The summed E-state index contributed by atoms with van der Waals surface area (Å²) >= 11 is 0. The minimum absolute atomic E-state index is 0.355. The summed E-state index contributed by atoms with van der Waals surface area (Å²) in [5.74, 6) is 1.60. The molecule has 1 saturated carbocycles. The molecular formula is C14H17N5O. The van der Waals surface area contributed by atoms with E-state index in [4.69, 9.17) is 10.5 Å². The molecule has 1 aliphatic rings. The molecule has 20 heavy (non-hydrogen) atoms. The Labute approximate surface area is 117 Å². The topological polar surface area (TPSA) is 86.0 Å². The van der Waals surface area contributed by atoms with Gasteiger partial charge in [-0.15, -0.1) is 0 Å². The molecule has 3 rings (SSSR count). The minimum atomic E-state index is 0.355. The molecule has 2 aromatic rings. The van der Waals surface area contributed by atoms with Crippen LogP contribution in [0.2, 0.25) is 0 Å². The third kappa shape index (κ3) is 2.79. The Hall–Kier alpha value is -2.37. The minimum Gasteiger partial charge on any atom is -0.435 e. The summed E-state index contributed by atoms with van der Waals surface area (Å²) < 4.78 is 5.64. The van der Waals surface area contributed by atoms with Crippen molar-refractivity contribution in [3.8, 4) is 11.6 Å². The maximum Gasteiger partial charge on any atom is 0.248 e. The van der Waals surface area contributed by atoms with Crippen LogP contribution in [0.4, 0.5) is 11.5 Å². The van der Waals surface area contributed by atoms with Crippen molar-refractivity contribution in [2.24, 2.45) is 0 Å². The number of nitrogen functional groups attached to an aromatic ring is 1. The highest BCUT2D eigenvalue weighted by Crippen LogP contribution is 2.30. The highest BCUT2D eigenvalue weighted by molar-refractivity contribution is 5.67. The fourth-order valence-electron chi connectivity index (χ4n) is 2.36. The van der Waals surface area contributed by atoms with Gasteiger partial charge in [-0.05, 0) is 25.0 Å². The van der Waals surface area contributed by atoms with Crippen molar-refractivity contribution in [3.63, 3.8) is 0 Å². The Morgan fingerprint density at radius 2 is 2.10 bits per heavy atom. The summed E-state index contributed by atoms with van der Waals surface area (Å²) in [5.41, 5.74) is 6.51. The number of nitrogens with one attached hydrogen (secondary N) is 1. The van der Waals surface area contributed by atoms with Gasteiger partial charge in [-0.1, -0.05) is 12.8 Å². The van der Waals surface area contributed by atoms with Gasteiger partial charge in [-0.3, -0.25) is 4.98 Å². The van der Waals surface area contributed by atoms with Crippen molar-refractivity contribution in [1.29, 1.82) is 0 Å². The number of ether oxygens (including phenoxy) is 1. The molecule has 2 aromatic heterocycles. The first kappa shape index (κ1) is 12.7. The number of aromatic nitrogens is 3. The molecule has 1 aliphatic carbocycles. The predicted octanol–water partition coefficient (Wildman–Crippen LogP) is 2.60. The largest absolute Gasteiger partial charge is 0.435 e. The fourth-order valence-corrected chi connectivity index (χ4v) is 2.36. The van der Waals surface area contributed by atoms with Gasteiger partial charge in [0.1, 0.15) is 17.8 Å². The van der Waals surface area contributed by atoms with Crippen molar-refractivity contribution in [1.82, 2.24) is 15.0 Å². The first-order valence-corrected chi connectivity index (χ1v) is 6.78. The molecule has 6 nitrogen and oxygen atoms in total. The van der Waals surface area contributed by atoms with Crippen molar-refractivity contribution in [2.75, 3.05) is 11.1 Å². The molecule has 0 radical (unpaired) electrons. The van der Waals surface area contributed by atoms with E-state index in [2.05, 4.69) is 20.3 Å². The van der Waals surface area contributed by atoms with Gasteiger partial charge in [0.15, 0.2) is 5.82 Å².